The maximum atomic E-state index is 13.2. The average Bonchev–Trinajstić information content (AvgIpc) is 3.34. The van der Waals surface area contributed by atoms with Crippen molar-refractivity contribution in [2.24, 2.45) is 0 Å². The van der Waals surface area contributed by atoms with E-state index in [1.807, 2.05) is 11.0 Å². The molecule has 3 heterocycles. The van der Waals surface area contributed by atoms with Crippen LogP contribution in [0, 0.1) is 0 Å². The van der Waals surface area contributed by atoms with Crippen LogP contribution in [0.4, 0.5) is 19.1 Å². The molecule has 0 radical (unpaired) electrons. The fourth-order valence-electron chi connectivity index (χ4n) is 6.16. The zero-order valence-electron chi connectivity index (χ0n) is 23.3. The van der Waals surface area contributed by atoms with Gasteiger partial charge < -0.3 is 4.90 Å². The van der Waals surface area contributed by atoms with E-state index in [1.165, 1.54) is 16.7 Å². The van der Waals surface area contributed by atoms with Crippen LogP contribution < -0.4 is 4.90 Å². The minimum absolute atomic E-state index is 0.185. The van der Waals surface area contributed by atoms with Crippen LogP contribution in [0.2, 0.25) is 5.02 Å². The van der Waals surface area contributed by atoms with Crippen molar-refractivity contribution in [2.75, 3.05) is 11.4 Å². The lowest BCUT2D eigenvalue weighted by atomic mass is 9.84. The molecule has 0 fully saturated rings. The molecule has 2 aromatic heterocycles. The number of para-hydroxylation sites is 1. The molecule has 0 bridgehead atoms. The highest BCUT2D eigenvalue weighted by Crippen LogP contribution is 2.43. The number of aromatic nitrogens is 4. The number of nitrogens with zero attached hydrogens (tertiary/aromatic N) is 5. The van der Waals surface area contributed by atoms with E-state index in [2.05, 4.69) is 71.8 Å². The zero-order valence-corrected chi connectivity index (χ0v) is 24.0. The molecular weight excluding hydrogens is 547 g/mol. The minimum Gasteiger partial charge on any atom is -0.336 e. The molecule has 5 nitrogen and oxygen atoms in total. The maximum Gasteiger partial charge on any atom is 0.419 e. The predicted octanol–water partition coefficient (Wildman–Crippen LogP) is 7.90. The molecule has 0 spiro atoms. The largest absolute Gasteiger partial charge is 0.419 e. The molecule has 1 atom stereocenters. The van der Waals surface area contributed by atoms with Crippen molar-refractivity contribution in [1.82, 2.24) is 19.7 Å². The molecule has 1 aliphatic carbocycles. The van der Waals surface area contributed by atoms with Gasteiger partial charge in [0.25, 0.3) is 0 Å². The van der Waals surface area contributed by atoms with E-state index >= 15 is 0 Å². The molecule has 0 N–H and O–H groups in total. The van der Waals surface area contributed by atoms with Gasteiger partial charge in [0.15, 0.2) is 0 Å². The number of hydrogen-bond acceptors (Lipinski definition) is 4. The number of fused-ring (bicyclic) bond motifs is 2. The second kappa shape index (κ2) is 10.6. The molecule has 2 aliphatic rings. The zero-order chi connectivity index (χ0) is 28.9. The molecule has 41 heavy (non-hydrogen) atoms. The Kier molecular flexibility index (Phi) is 7.14. The lowest BCUT2D eigenvalue weighted by Gasteiger charge is -2.28. The Bertz CT molecular complexity index is 1620. The summed E-state index contributed by atoms with van der Waals surface area (Å²) in [6, 6.07) is 10.5. The van der Waals surface area contributed by atoms with Crippen LogP contribution in [-0.2, 0) is 38.4 Å². The van der Waals surface area contributed by atoms with E-state index in [1.54, 1.807) is 0 Å². The van der Waals surface area contributed by atoms with Crippen molar-refractivity contribution in [3.8, 4) is 16.9 Å². The van der Waals surface area contributed by atoms with Gasteiger partial charge in [0.05, 0.1) is 22.6 Å². The Balaban J connectivity index is 1.55. The number of halogens is 4. The standard InChI is InChI=1S/C32H31ClF3N5/c1-4-20-9-7-10-21(5-2)29(20)41-30(24-12-13-26(33)28-19(3)8-6-11-23(24)28)25-18-40(15-14-27(25)39-41)31-37-16-22(17-38-31)32(34,35)36/h6-10,12-13,16-17,19H,4-5,11,14-15,18H2,1-3H3/t19-/m1/s1. The number of hydrogen-bond donors (Lipinski definition) is 0. The summed E-state index contributed by atoms with van der Waals surface area (Å²) in [6.07, 6.45) is 4.72. The van der Waals surface area contributed by atoms with Crippen LogP contribution in [-0.4, -0.2) is 26.3 Å². The Morgan fingerprint density at radius 3 is 2.37 bits per heavy atom. The smallest absolute Gasteiger partial charge is 0.336 e. The highest BCUT2D eigenvalue weighted by molar-refractivity contribution is 6.31. The number of alkyl halides is 3. The molecular formula is C32H31ClF3N5. The van der Waals surface area contributed by atoms with Crippen LogP contribution in [0.3, 0.4) is 0 Å². The van der Waals surface area contributed by atoms with Gasteiger partial charge in [-0.2, -0.15) is 18.3 Å². The highest BCUT2D eigenvalue weighted by atomic mass is 35.5. The lowest BCUT2D eigenvalue weighted by molar-refractivity contribution is -0.138. The molecule has 6 rings (SSSR count). The van der Waals surface area contributed by atoms with Crippen LogP contribution in [0.1, 0.15) is 65.8 Å². The van der Waals surface area contributed by atoms with Gasteiger partial charge in [0.2, 0.25) is 5.95 Å². The van der Waals surface area contributed by atoms with E-state index in [-0.39, 0.29) is 11.9 Å². The fraction of sp³-hybridized carbons (Fsp3) is 0.344. The van der Waals surface area contributed by atoms with Gasteiger partial charge in [-0.1, -0.05) is 68.8 Å². The Hall–Kier alpha value is -3.65. The molecule has 0 saturated heterocycles. The summed E-state index contributed by atoms with van der Waals surface area (Å²) in [5, 5.41) is 5.98. The average molecular weight is 578 g/mol. The quantitative estimate of drug-likeness (QED) is 0.226. The maximum absolute atomic E-state index is 13.2. The molecule has 2 aromatic carbocycles. The van der Waals surface area contributed by atoms with Crippen LogP contribution in [0.25, 0.3) is 16.9 Å². The van der Waals surface area contributed by atoms with E-state index in [9.17, 15) is 13.2 Å². The van der Waals surface area contributed by atoms with Crippen LogP contribution in [0.5, 0.6) is 0 Å². The number of aryl methyl sites for hydroxylation is 2. The minimum atomic E-state index is -4.48. The summed E-state index contributed by atoms with van der Waals surface area (Å²) in [6.45, 7) is 7.46. The summed E-state index contributed by atoms with van der Waals surface area (Å²) in [4.78, 5) is 10.1. The second-order valence-corrected chi connectivity index (χ2v) is 11.1. The van der Waals surface area contributed by atoms with Gasteiger partial charge >= 0.3 is 6.18 Å². The first kappa shape index (κ1) is 27.5. The third-order valence-electron chi connectivity index (χ3n) is 8.22. The number of rotatable bonds is 5. The van der Waals surface area contributed by atoms with Crippen molar-refractivity contribution in [3.05, 3.63) is 99.0 Å². The normalized spacial score (nSPS) is 16.6. The summed E-state index contributed by atoms with van der Waals surface area (Å²) < 4.78 is 41.6. The van der Waals surface area contributed by atoms with Gasteiger partial charge in [0.1, 0.15) is 0 Å². The van der Waals surface area contributed by atoms with Crippen molar-refractivity contribution in [3.63, 3.8) is 0 Å². The Morgan fingerprint density at radius 2 is 1.71 bits per heavy atom. The van der Waals surface area contributed by atoms with E-state index in [0.717, 1.165) is 70.4 Å². The van der Waals surface area contributed by atoms with Gasteiger partial charge in [-0.3, -0.25) is 0 Å². The van der Waals surface area contributed by atoms with Gasteiger partial charge in [-0.05, 0) is 47.6 Å². The Morgan fingerprint density at radius 1 is 1.00 bits per heavy atom. The lowest BCUT2D eigenvalue weighted by Crippen LogP contribution is -2.31. The molecule has 0 saturated carbocycles. The predicted molar refractivity (Wildman–Crippen MR) is 156 cm³/mol. The van der Waals surface area contributed by atoms with Crippen LogP contribution in [0.15, 0.2) is 54.9 Å². The molecule has 212 valence electrons. The molecule has 9 heteroatoms. The third-order valence-corrected chi connectivity index (χ3v) is 8.55. The second-order valence-electron chi connectivity index (χ2n) is 10.7. The van der Waals surface area contributed by atoms with E-state index in [0.29, 0.717) is 19.5 Å². The molecule has 0 amide bonds. The van der Waals surface area contributed by atoms with Gasteiger partial charge in [-0.15, -0.1) is 0 Å². The van der Waals surface area contributed by atoms with Crippen molar-refractivity contribution >= 4 is 17.5 Å². The summed E-state index contributed by atoms with van der Waals surface area (Å²) in [5.41, 5.74) is 9.10. The van der Waals surface area contributed by atoms with E-state index < -0.39 is 11.7 Å². The summed E-state index contributed by atoms with van der Waals surface area (Å²) >= 11 is 6.75. The summed E-state index contributed by atoms with van der Waals surface area (Å²) in [5.74, 6) is 0.463. The molecule has 0 unspecified atom stereocenters. The van der Waals surface area contributed by atoms with E-state index in [4.69, 9.17) is 16.7 Å². The van der Waals surface area contributed by atoms with Gasteiger partial charge in [-0.25, -0.2) is 14.6 Å². The monoisotopic (exact) mass is 577 g/mol. The number of anilines is 1. The molecule has 1 aliphatic heterocycles. The number of benzene rings is 2. The van der Waals surface area contributed by atoms with Gasteiger partial charge in [0, 0.05) is 54.0 Å². The molecule has 4 aromatic rings. The first-order valence-electron chi connectivity index (χ1n) is 14.1. The fourth-order valence-corrected chi connectivity index (χ4v) is 6.51. The number of allylic oxidation sites excluding steroid dienone is 2. The highest BCUT2D eigenvalue weighted by Gasteiger charge is 2.33. The SMILES string of the molecule is CCc1cccc(CC)c1-n1nc2c(c1-c1ccc(Cl)c3c1CC=C[C@H]3C)CN(c1ncc(C(F)(F)F)cn1)CC2. The van der Waals surface area contributed by atoms with Crippen molar-refractivity contribution in [1.29, 1.82) is 0 Å². The first-order valence-corrected chi connectivity index (χ1v) is 14.4. The van der Waals surface area contributed by atoms with Crippen molar-refractivity contribution in [2.45, 2.75) is 65.1 Å². The van der Waals surface area contributed by atoms with Crippen LogP contribution >= 0.6 is 11.6 Å². The van der Waals surface area contributed by atoms with Crippen molar-refractivity contribution < 1.29 is 13.2 Å². The first-order chi connectivity index (χ1) is 19.7. The third kappa shape index (κ3) is 4.82. The topological polar surface area (TPSA) is 46.8 Å². The summed E-state index contributed by atoms with van der Waals surface area (Å²) in [7, 11) is 0. The Labute approximate surface area is 242 Å².